The number of hydrogen-bond donors (Lipinski definition) is 0. The molecule has 0 fully saturated rings. The molecule has 0 unspecified atom stereocenters. The number of nitriles is 1. The van der Waals surface area contributed by atoms with Crippen molar-refractivity contribution in [2.45, 2.75) is 0 Å². The Morgan fingerprint density at radius 2 is 1.37 bits per heavy atom. The molecule has 30 heavy (non-hydrogen) atoms. The summed E-state index contributed by atoms with van der Waals surface area (Å²) in [5.41, 5.74) is 2.21. The third-order valence-electron chi connectivity index (χ3n) is 5.24. The Labute approximate surface area is 171 Å². The SMILES string of the molecule is N#Cc1nc(-c2ccccc2F)c2cc3ccccc3cc2c1-c1ccc(F)cc1. The minimum atomic E-state index is -0.405. The Balaban J connectivity index is 1.97. The molecule has 142 valence electrons. The molecule has 1 heterocycles. The first-order chi connectivity index (χ1) is 14.7. The third kappa shape index (κ3) is 2.89. The Morgan fingerprint density at radius 3 is 2.03 bits per heavy atom. The first kappa shape index (κ1) is 18.0. The quantitative estimate of drug-likeness (QED) is 0.307. The van der Waals surface area contributed by atoms with Gasteiger partial charge in [0.15, 0.2) is 0 Å². The van der Waals surface area contributed by atoms with Crippen molar-refractivity contribution in [3.8, 4) is 28.5 Å². The summed E-state index contributed by atoms with van der Waals surface area (Å²) >= 11 is 0. The average molecular weight is 392 g/mol. The van der Waals surface area contributed by atoms with E-state index >= 15 is 0 Å². The zero-order valence-electron chi connectivity index (χ0n) is 15.7. The van der Waals surface area contributed by atoms with E-state index in [2.05, 4.69) is 11.1 Å². The highest BCUT2D eigenvalue weighted by atomic mass is 19.1. The second-order valence-electron chi connectivity index (χ2n) is 7.03. The molecule has 0 saturated carbocycles. The van der Waals surface area contributed by atoms with Gasteiger partial charge in [-0.25, -0.2) is 13.8 Å². The summed E-state index contributed by atoms with van der Waals surface area (Å²) in [6.07, 6.45) is 0. The number of halogens is 2. The predicted octanol–water partition coefficient (Wildman–Crippen LogP) is 6.87. The molecule has 0 atom stereocenters. The fourth-order valence-corrected chi connectivity index (χ4v) is 3.85. The van der Waals surface area contributed by atoms with Gasteiger partial charge in [-0.3, -0.25) is 0 Å². The first-order valence-corrected chi connectivity index (χ1v) is 9.43. The van der Waals surface area contributed by atoms with Crippen molar-refractivity contribution in [1.29, 1.82) is 5.26 Å². The van der Waals surface area contributed by atoms with E-state index in [1.807, 2.05) is 36.4 Å². The van der Waals surface area contributed by atoms with Gasteiger partial charge in [0, 0.05) is 16.5 Å². The van der Waals surface area contributed by atoms with E-state index < -0.39 is 5.82 Å². The summed E-state index contributed by atoms with van der Waals surface area (Å²) in [6, 6.07) is 26.3. The van der Waals surface area contributed by atoms with E-state index in [1.54, 1.807) is 30.3 Å². The van der Waals surface area contributed by atoms with E-state index in [0.717, 1.165) is 21.5 Å². The average Bonchev–Trinajstić information content (AvgIpc) is 2.78. The summed E-state index contributed by atoms with van der Waals surface area (Å²) in [7, 11) is 0. The van der Waals surface area contributed by atoms with Gasteiger partial charge in [0.25, 0.3) is 0 Å². The highest BCUT2D eigenvalue weighted by Crippen LogP contribution is 2.39. The van der Waals surface area contributed by atoms with Crippen LogP contribution in [0.25, 0.3) is 43.9 Å². The number of hydrogen-bond acceptors (Lipinski definition) is 2. The van der Waals surface area contributed by atoms with Crippen molar-refractivity contribution in [2.24, 2.45) is 0 Å². The standard InChI is InChI=1S/C26H14F2N2/c27-19-11-9-16(10-12-19)25-21-13-17-5-1-2-6-18(17)14-22(21)26(30-24(25)15-29)20-7-3-4-8-23(20)28/h1-14H. The van der Waals surface area contributed by atoms with E-state index in [1.165, 1.54) is 18.2 Å². The van der Waals surface area contributed by atoms with Crippen LogP contribution in [0.5, 0.6) is 0 Å². The second kappa shape index (κ2) is 7.06. The molecule has 2 nitrogen and oxygen atoms in total. The first-order valence-electron chi connectivity index (χ1n) is 9.43. The maximum absolute atomic E-state index is 14.7. The van der Waals surface area contributed by atoms with E-state index in [4.69, 9.17) is 0 Å². The number of rotatable bonds is 2. The smallest absolute Gasteiger partial charge is 0.149 e. The molecule has 0 N–H and O–H groups in total. The van der Waals surface area contributed by atoms with Gasteiger partial charge in [-0.05, 0) is 58.1 Å². The molecule has 5 aromatic rings. The fourth-order valence-electron chi connectivity index (χ4n) is 3.85. The van der Waals surface area contributed by atoms with E-state index in [0.29, 0.717) is 22.4 Å². The summed E-state index contributed by atoms with van der Waals surface area (Å²) in [5, 5.41) is 13.3. The fraction of sp³-hybridized carbons (Fsp3) is 0. The molecule has 0 bridgehead atoms. The molecule has 0 aliphatic rings. The van der Waals surface area contributed by atoms with Crippen molar-refractivity contribution >= 4 is 21.5 Å². The predicted molar refractivity (Wildman–Crippen MR) is 115 cm³/mol. The summed E-state index contributed by atoms with van der Waals surface area (Å²) in [4.78, 5) is 4.56. The van der Waals surface area contributed by atoms with Gasteiger partial charge < -0.3 is 0 Å². The van der Waals surface area contributed by atoms with Gasteiger partial charge in [0.05, 0.1) is 5.69 Å². The Bertz CT molecular complexity index is 1470. The zero-order chi connectivity index (χ0) is 20.7. The molecule has 4 aromatic carbocycles. The molecule has 4 heteroatoms. The minimum absolute atomic E-state index is 0.169. The van der Waals surface area contributed by atoms with Crippen molar-refractivity contribution in [3.05, 3.63) is 102 Å². The van der Waals surface area contributed by atoms with Gasteiger partial charge in [-0.1, -0.05) is 48.5 Å². The van der Waals surface area contributed by atoms with Crippen LogP contribution in [0.1, 0.15) is 5.69 Å². The van der Waals surface area contributed by atoms with Gasteiger partial charge in [-0.2, -0.15) is 5.26 Å². The Morgan fingerprint density at radius 1 is 0.733 bits per heavy atom. The highest BCUT2D eigenvalue weighted by Gasteiger charge is 2.19. The normalized spacial score (nSPS) is 11.0. The summed E-state index contributed by atoms with van der Waals surface area (Å²) < 4.78 is 28.2. The maximum atomic E-state index is 14.7. The van der Waals surface area contributed by atoms with Crippen molar-refractivity contribution in [3.63, 3.8) is 0 Å². The lowest BCUT2D eigenvalue weighted by Crippen LogP contribution is -1.98. The lowest BCUT2D eigenvalue weighted by Gasteiger charge is -2.15. The van der Waals surface area contributed by atoms with E-state index in [-0.39, 0.29) is 11.5 Å². The number of aromatic nitrogens is 1. The molecule has 0 amide bonds. The third-order valence-corrected chi connectivity index (χ3v) is 5.24. The summed E-state index contributed by atoms with van der Waals surface area (Å²) in [6.45, 7) is 0. The molecule has 1 aromatic heterocycles. The molecule has 0 spiro atoms. The van der Waals surface area contributed by atoms with Crippen LogP contribution >= 0.6 is 0 Å². The molecular weight excluding hydrogens is 378 g/mol. The molecule has 5 rings (SSSR count). The highest BCUT2D eigenvalue weighted by molar-refractivity contribution is 6.10. The molecule has 0 radical (unpaired) electrons. The van der Waals surface area contributed by atoms with Crippen molar-refractivity contribution in [1.82, 2.24) is 4.98 Å². The van der Waals surface area contributed by atoms with Crippen LogP contribution in [0, 0.1) is 23.0 Å². The lowest BCUT2D eigenvalue weighted by atomic mass is 9.92. The van der Waals surface area contributed by atoms with Crippen LogP contribution in [-0.4, -0.2) is 4.98 Å². The van der Waals surface area contributed by atoms with E-state index in [9.17, 15) is 14.0 Å². The van der Waals surface area contributed by atoms with Crippen LogP contribution in [0.3, 0.4) is 0 Å². The topological polar surface area (TPSA) is 36.7 Å². The van der Waals surface area contributed by atoms with Crippen LogP contribution in [0.2, 0.25) is 0 Å². The molecule has 0 saturated heterocycles. The van der Waals surface area contributed by atoms with Gasteiger partial charge >= 0.3 is 0 Å². The Hall–Kier alpha value is -4.10. The summed E-state index contributed by atoms with van der Waals surface area (Å²) in [5.74, 6) is -0.763. The molecular formula is C26H14F2N2. The van der Waals surface area contributed by atoms with Gasteiger partial charge in [0.1, 0.15) is 23.4 Å². The minimum Gasteiger partial charge on any atom is -0.236 e. The Kier molecular flexibility index (Phi) is 4.22. The lowest BCUT2D eigenvalue weighted by molar-refractivity contribution is 0.628. The zero-order valence-corrected chi connectivity index (χ0v) is 15.7. The van der Waals surface area contributed by atoms with Crippen molar-refractivity contribution < 1.29 is 8.78 Å². The van der Waals surface area contributed by atoms with Gasteiger partial charge in [-0.15, -0.1) is 0 Å². The van der Waals surface area contributed by atoms with Crippen LogP contribution in [0.4, 0.5) is 8.78 Å². The number of nitrogens with zero attached hydrogens (tertiary/aromatic N) is 2. The number of pyridine rings is 1. The molecule has 0 aliphatic heterocycles. The number of benzene rings is 4. The van der Waals surface area contributed by atoms with Crippen molar-refractivity contribution in [2.75, 3.05) is 0 Å². The van der Waals surface area contributed by atoms with Crippen LogP contribution in [0.15, 0.2) is 84.9 Å². The number of fused-ring (bicyclic) bond motifs is 2. The van der Waals surface area contributed by atoms with Gasteiger partial charge in [0.2, 0.25) is 0 Å². The maximum Gasteiger partial charge on any atom is 0.149 e. The second-order valence-corrected chi connectivity index (χ2v) is 7.03. The molecule has 0 aliphatic carbocycles. The van der Waals surface area contributed by atoms with Crippen LogP contribution in [-0.2, 0) is 0 Å². The monoisotopic (exact) mass is 392 g/mol. The largest absolute Gasteiger partial charge is 0.236 e. The van der Waals surface area contributed by atoms with Crippen LogP contribution < -0.4 is 0 Å².